The van der Waals surface area contributed by atoms with Gasteiger partial charge in [0.1, 0.15) is 7.85 Å². The Morgan fingerprint density at radius 2 is 2.29 bits per heavy atom. The maximum absolute atomic E-state index is 10.2. The van der Waals surface area contributed by atoms with E-state index in [2.05, 4.69) is 0 Å². The second kappa shape index (κ2) is 3.41. The van der Waals surface area contributed by atoms with Crippen LogP contribution < -0.4 is 5.46 Å². The number of aliphatic hydroxyl groups is 1. The van der Waals surface area contributed by atoms with Crippen LogP contribution in [0.25, 0.3) is 0 Å². The Morgan fingerprint density at radius 3 is 3.07 bits per heavy atom. The van der Waals surface area contributed by atoms with Gasteiger partial charge >= 0.3 is 0 Å². The Morgan fingerprint density at radius 1 is 1.50 bits per heavy atom. The fourth-order valence-corrected chi connectivity index (χ4v) is 1.81. The highest BCUT2D eigenvalue weighted by Crippen LogP contribution is 2.29. The Kier molecular flexibility index (Phi) is 2.37. The summed E-state index contributed by atoms with van der Waals surface area (Å²) in [5, 5.41) is 10.2. The smallest absolute Gasteiger partial charge is 0.113 e. The topological polar surface area (TPSA) is 29.5 Å². The van der Waals surface area contributed by atoms with E-state index in [-0.39, 0.29) is 0 Å². The molecule has 0 bridgehead atoms. The standard InChI is InChI=1S/C11H13BO2/c1-11(13)4-5-14-7-8-2-3-9(12)6-10(8)11/h2-3,6,13H,4-5,7H2,1H3. The van der Waals surface area contributed by atoms with Gasteiger partial charge in [0, 0.05) is 6.42 Å². The van der Waals surface area contributed by atoms with E-state index < -0.39 is 5.60 Å². The van der Waals surface area contributed by atoms with Crippen molar-refractivity contribution in [2.75, 3.05) is 6.61 Å². The van der Waals surface area contributed by atoms with Crippen LogP contribution in [0.2, 0.25) is 0 Å². The van der Waals surface area contributed by atoms with Crippen molar-refractivity contribution >= 4 is 13.3 Å². The third-order valence-corrected chi connectivity index (χ3v) is 2.70. The van der Waals surface area contributed by atoms with Crippen LogP contribution in [0.4, 0.5) is 0 Å². The third-order valence-electron chi connectivity index (χ3n) is 2.70. The molecular weight excluding hydrogens is 175 g/mol. The molecule has 1 aliphatic rings. The monoisotopic (exact) mass is 188 g/mol. The van der Waals surface area contributed by atoms with Crippen molar-refractivity contribution in [3.63, 3.8) is 0 Å². The highest BCUT2D eigenvalue weighted by atomic mass is 16.5. The summed E-state index contributed by atoms with van der Waals surface area (Å²) in [5.41, 5.74) is 1.80. The number of rotatable bonds is 0. The van der Waals surface area contributed by atoms with Crippen LogP contribution in [0, 0.1) is 0 Å². The maximum Gasteiger partial charge on any atom is 0.113 e. The van der Waals surface area contributed by atoms with Gasteiger partial charge in [0.2, 0.25) is 0 Å². The van der Waals surface area contributed by atoms with Crippen molar-refractivity contribution in [2.24, 2.45) is 0 Å². The highest BCUT2D eigenvalue weighted by molar-refractivity contribution is 6.32. The van der Waals surface area contributed by atoms with Crippen molar-refractivity contribution in [3.8, 4) is 0 Å². The zero-order valence-corrected chi connectivity index (χ0v) is 8.29. The highest BCUT2D eigenvalue weighted by Gasteiger charge is 2.27. The fourth-order valence-electron chi connectivity index (χ4n) is 1.81. The van der Waals surface area contributed by atoms with Crippen LogP contribution in [-0.2, 0) is 16.9 Å². The molecule has 0 saturated heterocycles. The number of ether oxygens (including phenoxy) is 1. The van der Waals surface area contributed by atoms with E-state index in [0.29, 0.717) is 25.1 Å². The van der Waals surface area contributed by atoms with E-state index in [4.69, 9.17) is 12.6 Å². The van der Waals surface area contributed by atoms with Crippen molar-refractivity contribution in [2.45, 2.75) is 25.6 Å². The Balaban J connectivity index is 2.52. The molecule has 0 saturated carbocycles. The summed E-state index contributed by atoms with van der Waals surface area (Å²) >= 11 is 0. The third kappa shape index (κ3) is 1.70. The Hall–Kier alpha value is -0.795. The molecule has 1 heterocycles. The van der Waals surface area contributed by atoms with E-state index >= 15 is 0 Å². The van der Waals surface area contributed by atoms with Crippen molar-refractivity contribution < 1.29 is 9.84 Å². The summed E-state index contributed by atoms with van der Waals surface area (Å²) in [5.74, 6) is 0. The van der Waals surface area contributed by atoms with Gasteiger partial charge in [-0.25, -0.2) is 0 Å². The minimum absolute atomic E-state index is 0.561. The molecule has 2 rings (SSSR count). The second-order valence-corrected chi connectivity index (χ2v) is 3.99. The largest absolute Gasteiger partial charge is 0.385 e. The summed E-state index contributed by atoms with van der Waals surface area (Å²) in [6, 6.07) is 5.60. The zero-order valence-electron chi connectivity index (χ0n) is 8.29. The predicted octanol–water partition coefficient (Wildman–Crippen LogP) is 0.608. The van der Waals surface area contributed by atoms with Crippen LogP contribution >= 0.6 is 0 Å². The van der Waals surface area contributed by atoms with Gasteiger partial charge in [0.15, 0.2) is 0 Å². The van der Waals surface area contributed by atoms with Gasteiger partial charge in [-0.1, -0.05) is 23.7 Å². The summed E-state index contributed by atoms with van der Waals surface area (Å²) in [7, 11) is 5.70. The first kappa shape index (κ1) is 9.75. The molecule has 0 aromatic heterocycles. The summed E-state index contributed by atoms with van der Waals surface area (Å²) in [4.78, 5) is 0. The Labute approximate surface area is 85.3 Å². The van der Waals surface area contributed by atoms with Crippen LogP contribution in [0.3, 0.4) is 0 Å². The van der Waals surface area contributed by atoms with E-state index in [9.17, 15) is 5.11 Å². The molecule has 2 radical (unpaired) electrons. The van der Waals surface area contributed by atoms with Crippen molar-refractivity contribution in [1.29, 1.82) is 0 Å². The lowest BCUT2D eigenvalue weighted by atomic mass is 9.84. The van der Waals surface area contributed by atoms with Gasteiger partial charge in [0.25, 0.3) is 0 Å². The molecule has 0 amide bonds. The van der Waals surface area contributed by atoms with Gasteiger partial charge in [-0.15, -0.1) is 0 Å². The molecule has 14 heavy (non-hydrogen) atoms. The van der Waals surface area contributed by atoms with Gasteiger partial charge < -0.3 is 9.84 Å². The lowest BCUT2D eigenvalue weighted by Crippen LogP contribution is -2.24. The average Bonchev–Trinajstić information content (AvgIpc) is 2.26. The number of hydrogen-bond donors (Lipinski definition) is 1. The molecule has 0 aliphatic carbocycles. The summed E-state index contributed by atoms with van der Waals surface area (Å²) < 4.78 is 5.40. The van der Waals surface area contributed by atoms with Gasteiger partial charge in [-0.05, 0) is 18.1 Å². The first-order chi connectivity index (χ1) is 6.59. The molecule has 1 N–H and O–H groups in total. The molecule has 0 spiro atoms. The molecule has 1 aromatic carbocycles. The van der Waals surface area contributed by atoms with Crippen LogP contribution in [0.1, 0.15) is 24.5 Å². The summed E-state index contributed by atoms with van der Waals surface area (Å²) in [6.45, 7) is 2.95. The first-order valence-electron chi connectivity index (χ1n) is 4.78. The van der Waals surface area contributed by atoms with Crippen LogP contribution in [0.5, 0.6) is 0 Å². The van der Waals surface area contributed by atoms with Gasteiger partial charge in [-0.2, -0.15) is 0 Å². The number of benzene rings is 1. The molecule has 72 valence electrons. The van der Waals surface area contributed by atoms with E-state index in [0.717, 1.165) is 11.1 Å². The molecule has 1 atom stereocenters. The minimum atomic E-state index is -0.818. The second-order valence-electron chi connectivity index (χ2n) is 3.99. The molecule has 2 nitrogen and oxygen atoms in total. The molecule has 1 unspecified atom stereocenters. The van der Waals surface area contributed by atoms with E-state index in [1.54, 1.807) is 6.92 Å². The van der Waals surface area contributed by atoms with Gasteiger partial charge in [0.05, 0.1) is 18.8 Å². The van der Waals surface area contributed by atoms with Crippen LogP contribution in [-0.4, -0.2) is 19.6 Å². The lowest BCUT2D eigenvalue weighted by Gasteiger charge is -2.23. The first-order valence-corrected chi connectivity index (χ1v) is 4.78. The molecule has 1 aromatic rings. The maximum atomic E-state index is 10.2. The van der Waals surface area contributed by atoms with E-state index in [1.165, 1.54) is 0 Å². The van der Waals surface area contributed by atoms with Crippen molar-refractivity contribution in [1.82, 2.24) is 0 Å². The SMILES string of the molecule is [B]c1ccc2c(c1)C(C)(O)CCOC2. The van der Waals surface area contributed by atoms with Crippen molar-refractivity contribution in [3.05, 3.63) is 29.3 Å². The van der Waals surface area contributed by atoms with E-state index in [1.807, 2.05) is 18.2 Å². The molecular formula is C11H13BO2. The molecule has 0 fully saturated rings. The minimum Gasteiger partial charge on any atom is -0.385 e. The lowest BCUT2D eigenvalue weighted by molar-refractivity contribution is 0.0214. The Bertz CT molecular complexity index is 347. The summed E-state index contributed by atoms with van der Waals surface area (Å²) in [6.07, 6.45) is 0.615. The van der Waals surface area contributed by atoms with Crippen LogP contribution in [0.15, 0.2) is 18.2 Å². The number of hydrogen-bond acceptors (Lipinski definition) is 2. The fraction of sp³-hybridized carbons (Fsp3) is 0.455. The number of fused-ring (bicyclic) bond motifs is 1. The zero-order chi connectivity index (χ0) is 10.2. The molecule has 1 aliphatic heterocycles. The molecule has 3 heteroatoms. The predicted molar refractivity (Wildman–Crippen MR) is 55.7 cm³/mol. The van der Waals surface area contributed by atoms with Gasteiger partial charge in [-0.3, -0.25) is 0 Å². The quantitative estimate of drug-likeness (QED) is 0.604. The normalized spacial score (nSPS) is 26.7. The average molecular weight is 188 g/mol.